The monoisotopic (exact) mass is 281 g/mol. The Morgan fingerprint density at radius 1 is 1.37 bits per heavy atom. The van der Waals surface area contributed by atoms with Crippen LogP contribution < -0.4 is 10.2 Å². The molecule has 0 amide bonds. The fourth-order valence-electron chi connectivity index (χ4n) is 2.81. The molecule has 1 atom stereocenters. The average molecular weight is 281 g/mol. The first-order valence-electron chi connectivity index (χ1n) is 7.76. The molecule has 0 aromatic carbocycles. The van der Waals surface area contributed by atoms with E-state index in [1.165, 1.54) is 47.9 Å². The molecule has 19 heavy (non-hydrogen) atoms. The minimum absolute atomic E-state index is 0.715. The highest BCUT2D eigenvalue weighted by Crippen LogP contribution is 2.33. The van der Waals surface area contributed by atoms with Crippen LogP contribution in [0.25, 0.3) is 0 Å². The van der Waals surface area contributed by atoms with Gasteiger partial charge in [-0.05, 0) is 32.2 Å². The van der Waals surface area contributed by atoms with Crippen molar-refractivity contribution >= 4 is 16.5 Å². The Balaban J connectivity index is 2.16. The third-order valence-corrected chi connectivity index (χ3v) is 5.02. The van der Waals surface area contributed by atoms with E-state index < -0.39 is 0 Å². The van der Waals surface area contributed by atoms with E-state index >= 15 is 0 Å². The van der Waals surface area contributed by atoms with E-state index in [0.29, 0.717) is 6.04 Å². The highest BCUT2D eigenvalue weighted by atomic mass is 32.1. The summed E-state index contributed by atoms with van der Waals surface area (Å²) in [6.45, 7) is 9.89. The summed E-state index contributed by atoms with van der Waals surface area (Å²) in [7, 11) is 0. The van der Waals surface area contributed by atoms with E-state index in [9.17, 15) is 0 Å². The zero-order chi connectivity index (χ0) is 13.7. The van der Waals surface area contributed by atoms with Gasteiger partial charge in [-0.2, -0.15) is 0 Å². The minimum Gasteiger partial charge on any atom is -0.345 e. The van der Waals surface area contributed by atoms with Crippen LogP contribution in [0.4, 0.5) is 5.13 Å². The van der Waals surface area contributed by atoms with Gasteiger partial charge in [-0.1, -0.05) is 27.2 Å². The highest BCUT2D eigenvalue weighted by Gasteiger charge is 2.26. The largest absolute Gasteiger partial charge is 0.345 e. The van der Waals surface area contributed by atoms with Gasteiger partial charge in [0.15, 0.2) is 5.13 Å². The molecule has 1 aliphatic rings. The van der Waals surface area contributed by atoms with Crippen LogP contribution in [-0.2, 0) is 13.0 Å². The van der Waals surface area contributed by atoms with E-state index in [-0.39, 0.29) is 0 Å². The molecule has 0 radical (unpaired) electrons. The van der Waals surface area contributed by atoms with Gasteiger partial charge in [0.25, 0.3) is 0 Å². The van der Waals surface area contributed by atoms with Crippen molar-refractivity contribution < 1.29 is 0 Å². The Morgan fingerprint density at radius 3 is 2.89 bits per heavy atom. The fraction of sp³-hybridized carbons (Fsp3) is 0.800. The SMILES string of the molecule is CCCc1nc(N2CCCC2CC)sc1CNCC. The molecule has 1 N–H and O–H groups in total. The molecule has 0 saturated carbocycles. The number of nitrogens with zero attached hydrogens (tertiary/aromatic N) is 2. The van der Waals surface area contributed by atoms with Crippen LogP contribution in [0.15, 0.2) is 0 Å². The normalized spacial score (nSPS) is 19.3. The van der Waals surface area contributed by atoms with Gasteiger partial charge < -0.3 is 10.2 Å². The maximum atomic E-state index is 4.94. The molecule has 1 aliphatic heterocycles. The zero-order valence-electron chi connectivity index (χ0n) is 12.5. The van der Waals surface area contributed by atoms with Crippen molar-refractivity contribution in [3.63, 3.8) is 0 Å². The third kappa shape index (κ3) is 3.48. The number of anilines is 1. The Kier molecular flexibility index (Phi) is 5.64. The van der Waals surface area contributed by atoms with Crippen molar-refractivity contribution in [2.24, 2.45) is 0 Å². The molecular weight excluding hydrogens is 254 g/mol. The zero-order valence-corrected chi connectivity index (χ0v) is 13.4. The van der Waals surface area contributed by atoms with E-state index in [4.69, 9.17) is 4.98 Å². The van der Waals surface area contributed by atoms with E-state index in [2.05, 4.69) is 31.0 Å². The van der Waals surface area contributed by atoms with Crippen molar-refractivity contribution in [2.45, 2.75) is 65.5 Å². The lowest BCUT2D eigenvalue weighted by atomic mass is 10.2. The lowest BCUT2D eigenvalue weighted by Crippen LogP contribution is -2.28. The second kappa shape index (κ2) is 7.25. The lowest BCUT2D eigenvalue weighted by Gasteiger charge is -2.22. The van der Waals surface area contributed by atoms with Gasteiger partial charge in [-0.3, -0.25) is 0 Å². The second-order valence-corrected chi connectivity index (χ2v) is 6.36. The number of rotatable bonds is 7. The molecule has 0 bridgehead atoms. The molecule has 1 saturated heterocycles. The molecule has 3 nitrogen and oxygen atoms in total. The van der Waals surface area contributed by atoms with Crippen molar-refractivity contribution in [3.05, 3.63) is 10.6 Å². The van der Waals surface area contributed by atoms with Crippen molar-refractivity contribution in [2.75, 3.05) is 18.0 Å². The summed E-state index contributed by atoms with van der Waals surface area (Å²) >= 11 is 1.91. The van der Waals surface area contributed by atoms with E-state index in [1.54, 1.807) is 0 Å². The molecule has 2 heterocycles. The Hall–Kier alpha value is -0.610. The number of hydrogen-bond donors (Lipinski definition) is 1. The summed E-state index contributed by atoms with van der Waals surface area (Å²) in [6, 6.07) is 0.715. The molecular formula is C15H27N3S. The van der Waals surface area contributed by atoms with Crippen LogP contribution in [-0.4, -0.2) is 24.1 Å². The smallest absolute Gasteiger partial charge is 0.186 e. The summed E-state index contributed by atoms with van der Waals surface area (Å²) in [5.74, 6) is 0. The van der Waals surface area contributed by atoms with Gasteiger partial charge in [0.2, 0.25) is 0 Å². The van der Waals surface area contributed by atoms with Crippen LogP contribution >= 0.6 is 11.3 Å². The number of aromatic nitrogens is 1. The topological polar surface area (TPSA) is 28.2 Å². The van der Waals surface area contributed by atoms with Gasteiger partial charge in [-0.25, -0.2) is 4.98 Å². The molecule has 0 aliphatic carbocycles. The molecule has 108 valence electrons. The van der Waals surface area contributed by atoms with Crippen molar-refractivity contribution in [1.82, 2.24) is 10.3 Å². The lowest BCUT2D eigenvalue weighted by molar-refractivity contribution is 0.643. The number of hydrogen-bond acceptors (Lipinski definition) is 4. The van der Waals surface area contributed by atoms with Crippen LogP contribution in [0.2, 0.25) is 0 Å². The molecule has 2 rings (SSSR count). The summed E-state index contributed by atoms with van der Waals surface area (Å²) in [5.41, 5.74) is 1.32. The fourth-order valence-corrected chi connectivity index (χ4v) is 3.99. The number of nitrogens with one attached hydrogen (secondary N) is 1. The predicted octanol–water partition coefficient (Wildman–Crippen LogP) is 3.58. The van der Waals surface area contributed by atoms with Crippen molar-refractivity contribution in [3.8, 4) is 0 Å². The van der Waals surface area contributed by atoms with Gasteiger partial charge in [0.05, 0.1) is 5.69 Å². The predicted molar refractivity (Wildman–Crippen MR) is 84.1 cm³/mol. The van der Waals surface area contributed by atoms with Crippen LogP contribution in [0.5, 0.6) is 0 Å². The molecule has 1 aromatic rings. The molecule has 1 fully saturated rings. The molecule has 0 spiro atoms. The maximum Gasteiger partial charge on any atom is 0.186 e. The Labute approximate surface area is 121 Å². The van der Waals surface area contributed by atoms with E-state index in [1.807, 2.05) is 11.3 Å². The van der Waals surface area contributed by atoms with Crippen LogP contribution in [0.1, 0.15) is 57.0 Å². The maximum absolute atomic E-state index is 4.94. The third-order valence-electron chi connectivity index (χ3n) is 3.88. The minimum atomic E-state index is 0.715. The standard InChI is InChI=1S/C15H27N3S/c1-4-8-13-14(11-16-6-3)19-15(17-13)18-10-7-9-12(18)5-2/h12,16H,4-11H2,1-3H3. The Morgan fingerprint density at radius 2 is 2.21 bits per heavy atom. The van der Waals surface area contributed by atoms with Gasteiger partial charge >= 0.3 is 0 Å². The first-order valence-corrected chi connectivity index (χ1v) is 8.57. The summed E-state index contributed by atoms with van der Waals surface area (Å²) in [4.78, 5) is 8.92. The second-order valence-electron chi connectivity index (χ2n) is 5.29. The van der Waals surface area contributed by atoms with Crippen LogP contribution in [0.3, 0.4) is 0 Å². The quantitative estimate of drug-likeness (QED) is 0.828. The first kappa shape index (κ1) is 14.8. The van der Waals surface area contributed by atoms with Gasteiger partial charge in [0.1, 0.15) is 0 Å². The van der Waals surface area contributed by atoms with E-state index in [0.717, 1.165) is 19.5 Å². The van der Waals surface area contributed by atoms with Crippen LogP contribution in [0, 0.1) is 0 Å². The molecule has 1 aromatic heterocycles. The van der Waals surface area contributed by atoms with Crippen molar-refractivity contribution in [1.29, 1.82) is 0 Å². The average Bonchev–Trinajstić information content (AvgIpc) is 3.02. The number of aryl methyl sites for hydroxylation is 1. The molecule has 4 heteroatoms. The first-order chi connectivity index (χ1) is 9.30. The van der Waals surface area contributed by atoms with Gasteiger partial charge in [0, 0.05) is 24.0 Å². The molecule has 1 unspecified atom stereocenters. The highest BCUT2D eigenvalue weighted by molar-refractivity contribution is 7.15. The summed E-state index contributed by atoms with van der Waals surface area (Å²) in [5, 5.41) is 4.71. The number of thiazole rings is 1. The van der Waals surface area contributed by atoms with Gasteiger partial charge in [-0.15, -0.1) is 11.3 Å². The summed E-state index contributed by atoms with van der Waals surface area (Å²) < 4.78 is 0. The Bertz CT molecular complexity index is 389. The summed E-state index contributed by atoms with van der Waals surface area (Å²) in [6.07, 6.45) is 6.19.